The molecule has 0 bridgehead atoms. The molecule has 0 radical (unpaired) electrons. The summed E-state index contributed by atoms with van der Waals surface area (Å²) in [5, 5.41) is 0. The van der Waals surface area contributed by atoms with Gasteiger partial charge in [0.25, 0.3) is 0 Å². The lowest BCUT2D eigenvalue weighted by Crippen LogP contribution is -2.43. The van der Waals surface area contributed by atoms with Crippen LogP contribution >= 0.6 is 0 Å². The molecule has 0 saturated heterocycles. The van der Waals surface area contributed by atoms with E-state index in [0.29, 0.717) is 31.3 Å². The van der Waals surface area contributed by atoms with E-state index in [2.05, 4.69) is 0 Å². The van der Waals surface area contributed by atoms with Gasteiger partial charge in [-0.1, -0.05) is 6.42 Å². The molecule has 3 aliphatic rings. The summed E-state index contributed by atoms with van der Waals surface area (Å²) in [4.78, 5) is 24.6. The fourth-order valence-electron chi connectivity index (χ4n) is 4.33. The van der Waals surface area contributed by atoms with Crippen LogP contribution in [0.2, 0.25) is 0 Å². The van der Waals surface area contributed by atoms with Crippen LogP contribution in [-0.4, -0.2) is 32.8 Å². The van der Waals surface area contributed by atoms with Gasteiger partial charge in [0, 0.05) is 11.3 Å². The number of methoxy groups -OCH3 is 2. The summed E-state index contributed by atoms with van der Waals surface area (Å²) >= 11 is 0. The second-order valence-electron chi connectivity index (χ2n) is 6.10. The summed E-state index contributed by atoms with van der Waals surface area (Å²) in [6.07, 6.45) is 6.59. The van der Waals surface area contributed by atoms with Crippen molar-refractivity contribution in [1.82, 2.24) is 0 Å². The topological polar surface area (TPSA) is 61.8 Å². The largest absolute Gasteiger partial charge is 0.501 e. The molecule has 0 amide bonds. The minimum Gasteiger partial charge on any atom is -0.501 e. The zero-order valence-corrected chi connectivity index (χ0v) is 11.9. The molecule has 1 spiro atoms. The predicted octanol–water partition coefficient (Wildman–Crippen LogP) is 1.67. The van der Waals surface area contributed by atoms with Gasteiger partial charge in [0.05, 0.1) is 27.1 Å². The van der Waals surface area contributed by atoms with Crippen molar-refractivity contribution in [2.75, 3.05) is 20.8 Å². The highest BCUT2D eigenvalue weighted by Gasteiger charge is 2.69. The minimum absolute atomic E-state index is 0.0862. The smallest absolute Gasteiger partial charge is 0.323 e. The van der Waals surface area contributed by atoms with Crippen LogP contribution in [0.5, 0.6) is 0 Å². The van der Waals surface area contributed by atoms with Crippen molar-refractivity contribution >= 4 is 11.9 Å². The number of carbonyl (C=O) groups excluding carboxylic acids is 2. The maximum absolute atomic E-state index is 12.3. The van der Waals surface area contributed by atoms with E-state index in [9.17, 15) is 9.59 Å². The van der Waals surface area contributed by atoms with Crippen LogP contribution in [0.1, 0.15) is 25.7 Å². The summed E-state index contributed by atoms with van der Waals surface area (Å²) < 4.78 is 15.2. The number of rotatable bonds is 2. The fraction of sp³-hybridized carbons (Fsp3) is 0.733. The normalized spacial score (nSPS) is 36.7. The maximum Gasteiger partial charge on any atom is 0.323 e. The molecule has 2 fully saturated rings. The molecule has 0 aromatic heterocycles. The Labute approximate surface area is 118 Å². The molecule has 0 aromatic rings. The van der Waals surface area contributed by atoms with Crippen molar-refractivity contribution in [3.63, 3.8) is 0 Å². The molecule has 2 aliphatic carbocycles. The Balaban J connectivity index is 1.98. The molecule has 3 rings (SSSR count). The summed E-state index contributed by atoms with van der Waals surface area (Å²) in [6.45, 7) is 0.680. The minimum atomic E-state index is -1.16. The van der Waals surface area contributed by atoms with Crippen LogP contribution in [0.3, 0.4) is 0 Å². The first kappa shape index (κ1) is 13.5. The van der Waals surface area contributed by atoms with Gasteiger partial charge in [-0.05, 0) is 31.3 Å². The Hall–Kier alpha value is -1.52. The average Bonchev–Trinajstić information content (AvgIpc) is 3.13. The molecule has 0 aromatic carbocycles. The monoisotopic (exact) mass is 280 g/mol. The van der Waals surface area contributed by atoms with E-state index in [1.165, 1.54) is 14.2 Å². The Morgan fingerprint density at radius 2 is 1.90 bits per heavy atom. The number of ether oxygens (including phenoxy) is 3. The van der Waals surface area contributed by atoms with E-state index in [1.807, 2.05) is 6.08 Å². The average molecular weight is 280 g/mol. The quantitative estimate of drug-likeness (QED) is 0.569. The van der Waals surface area contributed by atoms with Crippen LogP contribution in [0.25, 0.3) is 0 Å². The standard InChI is InChI=1S/C15H20O5/c1-18-12(16)15(13(17)19-2)5-3-4-10-11-8-20-7-6-14(10,11)9-15/h6-7,10-11H,3-5,8-9H2,1-2H3/t10-,11-,14-/m1/s1. The van der Waals surface area contributed by atoms with E-state index in [0.717, 1.165) is 12.8 Å². The summed E-state index contributed by atoms with van der Waals surface area (Å²) in [5.41, 5.74) is -1.24. The van der Waals surface area contributed by atoms with Gasteiger partial charge in [-0.2, -0.15) is 0 Å². The third-order valence-electron chi connectivity index (χ3n) is 5.39. The summed E-state index contributed by atoms with van der Waals surface area (Å²) in [6, 6.07) is 0. The van der Waals surface area contributed by atoms with Gasteiger partial charge in [0.15, 0.2) is 5.41 Å². The zero-order valence-electron chi connectivity index (χ0n) is 11.9. The van der Waals surface area contributed by atoms with Crippen LogP contribution in [0.4, 0.5) is 0 Å². The number of carbonyl (C=O) groups is 2. The van der Waals surface area contributed by atoms with Crippen molar-refractivity contribution < 1.29 is 23.8 Å². The van der Waals surface area contributed by atoms with Crippen molar-refractivity contribution in [3.05, 3.63) is 12.3 Å². The van der Waals surface area contributed by atoms with Crippen LogP contribution in [-0.2, 0) is 23.8 Å². The first-order chi connectivity index (χ1) is 9.60. The fourth-order valence-corrected chi connectivity index (χ4v) is 4.33. The highest BCUT2D eigenvalue weighted by Crippen LogP contribution is 2.70. The second kappa shape index (κ2) is 4.50. The van der Waals surface area contributed by atoms with Crippen LogP contribution in [0, 0.1) is 22.7 Å². The Kier molecular flexibility index (Phi) is 3.03. The summed E-state index contributed by atoms with van der Waals surface area (Å²) in [5.74, 6) is -0.00578. The van der Waals surface area contributed by atoms with Crippen molar-refractivity contribution in [2.24, 2.45) is 22.7 Å². The number of hydrogen-bond donors (Lipinski definition) is 0. The molecule has 20 heavy (non-hydrogen) atoms. The second-order valence-corrected chi connectivity index (χ2v) is 6.10. The van der Waals surface area contributed by atoms with Crippen molar-refractivity contribution in [3.8, 4) is 0 Å². The molecule has 1 heterocycles. The lowest BCUT2D eigenvalue weighted by Gasteiger charge is -2.31. The summed E-state index contributed by atoms with van der Waals surface area (Å²) in [7, 11) is 2.66. The molecule has 1 aliphatic heterocycles. The molecule has 0 N–H and O–H groups in total. The lowest BCUT2D eigenvalue weighted by molar-refractivity contribution is -0.171. The molecule has 2 saturated carbocycles. The van der Waals surface area contributed by atoms with Gasteiger partial charge in [0.2, 0.25) is 0 Å². The number of fused-ring (bicyclic) bond motifs is 1. The Morgan fingerprint density at radius 3 is 2.55 bits per heavy atom. The zero-order chi connectivity index (χ0) is 14.4. The first-order valence-corrected chi connectivity index (χ1v) is 7.07. The van der Waals surface area contributed by atoms with Crippen LogP contribution in [0.15, 0.2) is 12.3 Å². The Bertz CT molecular complexity index is 453. The van der Waals surface area contributed by atoms with E-state index < -0.39 is 17.4 Å². The first-order valence-electron chi connectivity index (χ1n) is 7.07. The Morgan fingerprint density at radius 1 is 1.20 bits per heavy atom. The van der Waals surface area contributed by atoms with E-state index in [-0.39, 0.29) is 5.41 Å². The number of esters is 2. The van der Waals surface area contributed by atoms with Gasteiger partial charge in [-0.3, -0.25) is 9.59 Å². The van der Waals surface area contributed by atoms with E-state index >= 15 is 0 Å². The van der Waals surface area contributed by atoms with E-state index in [4.69, 9.17) is 14.2 Å². The predicted molar refractivity (Wildman–Crippen MR) is 69.4 cm³/mol. The lowest BCUT2D eigenvalue weighted by atomic mass is 9.74. The molecule has 5 heteroatoms. The third kappa shape index (κ3) is 1.61. The van der Waals surface area contributed by atoms with Gasteiger partial charge >= 0.3 is 11.9 Å². The van der Waals surface area contributed by atoms with Crippen LogP contribution < -0.4 is 0 Å². The van der Waals surface area contributed by atoms with Gasteiger partial charge in [-0.25, -0.2) is 0 Å². The van der Waals surface area contributed by atoms with Gasteiger partial charge in [-0.15, -0.1) is 0 Å². The molecular weight excluding hydrogens is 260 g/mol. The van der Waals surface area contributed by atoms with Gasteiger partial charge < -0.3 is 14.2 Å². The molecule has 0 unspecified atom stereocenters. The van der Waals surface area contributed by atoms with E-state index in [1.54, 1.807) is 6.26 Å². The molecule has 3 atom stereocenters. The number of allylic oxidation sites excluding steroid dienone is 1. The maximum atomic E-state index is 12.3. The molecule has 5 nitrogen and oxygen atoms in total. The SMILES string of the molecule is COC(=O)C1(C(=O)OC)CCC[C@@H]2[C@H]3COC=C[C@@]23C1. The third-order valence-corrected chi connectivity index (χ3v) is 5.39. The van der Waals surface area contributed by atoms with Crippen molar-refractivity contribution in [2.45, 2.75) is 25.7 Å². The highest BCUT2D eigenvalue weighted by atomic mass is 16.5. The highest BCUT2D eigenvalue weighted by molar-refractivity contribution is 6.00. The molecular formula is C15H20O5. The van der Waals surface area contributed by atoms with Gasteiger partial charge in [0.1, 0.15) is 0 Å². The number of hydrogen-bond acceptors (Lipinski definition) is 5. The van der Waals surface area contributed by atoms with Crippen molar-refractivity contribution in [1.29, 1.82) is 0 Å². The molecule has 110 valence electrons.